The van der Waals surface area contributed by atoms with Gasteiger partial charge in [0, 0.05) is 0 Å². The van der Waals surface area contributed by atoms with Crippen LogP contribution in [0.3, 0.4) is 0 Å². The number of aliphatic carboxylic acids is 1. The fourth-order valence-electron chi connectivity index (χ4n) is 3.06. The molecule has 4 heteroatoms. The predicted octanol–water partition coefficient (Wildman–Crippen LogP) is 4.67. The van der Waals surface area contributed by atoms with Gasteiger partial charge in [-0.05, 0) is 26.7 Å². The number of carbonyl (C=O) groups is 1. The predicted molar refractivity (Wildman–Crippen MR) is 92.5 cm³/mol. The number of unbranched alkanes of at least 4 members (excludes halogenated alkanes) is 9. The molecule has 4 nitrogen and oxygen atoms in total. The summed E-state index contributed by atoms with van der Waals surface area (Å²) in [6, 6.07) is 0. The molecular weight excluding hydrogens is 278 g/mol. The summed E-state index contributed by atoms with van der Waals surface area (Å²) in [4.78, 5) is 11.0. The van der Waals surface area contributed by atoms with Crippen LogP contribution < -0.4 is 0 Å². The van der Waals surface area contributed by atoms with Crippen molar-refractivity contribution in [1.82, 2.24) is 0 Å². The van der Waals surface area contributed by atoms with Gasteiger partial charge in [-0.15, -0.1) is 0 Å². The quantitative estimate of drug-likeness (QED) is 0.352. The Kier molecular flexibility index (Phi) is 16.4. The van der Waals surface area contributed by atoms with Crippen LogP contribution in [0.4, 0.5) is 0 Å². The van der Waals surface area contributed by atoms with E-state index in [2.05, 4.69) is 20.8 Å². The number of carboxylic acids is 1. The summed E-state index contributed by atoms with van der Waals surface area (Å²) in [5.41, 5.74) is 0. The highest BCUT2D eigenvalue weighted by molar-refractivity contribution is 5.67. The smallest absolute Gasteiger partial charge is 0.359 e. The minimum Gasteiger partial charge on any atom is -0.870 e. The summed E-state index contributed by atoms with van der Waals surface area (Å²) in [6.45, 7) is 9.65. The van der Waals surface area contributed by atoms with Crippen molar-refractivity contribution in [3.05, 3.63) is 0 Å². The normalized spacial score (nSPS) is 11.2. The van der Waals surface area contributed by atoms with E-state index in [0.717, 1.165) is 24.1 Å². The molecule has 0 rings (SSSR count). The molecule has 0 amide bonds. The van der Waals surface area contributed by atoms with Crippen molar-refractivity contribution in [1.29, 1.82) is 0 Å². The summed E-state index contributed by atoms with van der Waals surface area (Å²) in [6.07, 6.45) is 13.4. The molecule has 0 aromatic heterocycles. The summed E-state index contributed by atoms with van der Waals surface area (Å²) in [5, 5.41) is 9.06. The van der Waals surface area contributed by atoms with Crippen LogP contribution in [0, 0.1) is 0 Å². The number of carboxylic acid groups (broad SMARTS) is 1. The van der Waals surface area contributed by atoms with Gasteiger partial charge in [0.2, 0.25) is 0 Å². The Morgan fingerprint density at radius 3 is 1.55 bits per heavy atom. The Hall–Kier alpha value is -0.610. The second-order valence-electron chi connectivity index (χ2n) is 6.43. The van der Waals surface area contributed by atoms with Gasteiger partial charge < -0.3 is 15.1 Å². The minimum atomic E-state index is -0.661. The first-order valence-electron chi connectivity index (χ1n) is 9.17. The summed E-state index contributed by atoms with van der Waals surface area (Å²) in [7, 11) is 0. The van der Waals surface area contributed by atoms with Crippen molar-refractivity contribution in [2.45, 2.75) is 85.0 Å². The van der Waals surface area contributed by atoms with Crippen LogP contribution in [0.1, 0.15) is 85.0 Å². The Bertz CT molecular complexity index is 253. The highest BCUT2D eigenvalue weighted by Gasteiger charge is 2.25. The zero-order valence-corrected chi connectivity index (χ0v) is 15.1. The number of hydrogen-bond acceptors (Lipinski definition) is 2. The fraction of sp³-hybridized carbons (Fsp3) is 0.944. The van der Waals surface area contributed by atoms with E-state index in [1.54, 1.807) is 0 Å². The van der Waals surface area contributed by atoms with Gasteiger partial charge in [0.05, 0.1) is 19.6 Å². The van der Waals surface area contributed by atoms with Crippen molar-refractivity contribution in [3.8, 4) is 0 Å². The van der Waals surface area contributed by atoms with E-state index in [4.69, 9.17) is 5.11 Å². The fourth-order valence-corrected chi connectivity index (χ4v) is 3.06. The Balaban J connectivity index is 0. The molecule has 0 heterocycles. The van der Waals surface area contributed by atoms with Crippen molar-refractivity contribution in [2.24, 2.45) is 0 Å². The zero-order chi connectivity index (χ0) is 16.0. The number of nitrogens with zero attached hydrogens (tertiary/aromatic N) is 1. The average Bonchev–Trinajstić information content (AvgIpc) is 2.47. The third-order valence-corrected chi connectivity index (χ3v) is 4.80. The Labute approximate surface area is 137 Å². The number of rotatable bonds is 15. The monoisotopic (exact) mass is 317 g/mol. The molecule has 0 saturated carbocycles. The van der Waals surface area contributed by atoms with Crippen molar-refractivity contribution in [3.63, 3.8) is 0 Å². The van der Waals surface area contributed by atoms with Crippen LogP contribution in [0.2, 0.25) is 0 Å². The van der Waals surface area contributed by atoms with Gasteiger partial charge in [-0.1, -0.05) is 58.3 Å². The van der Waals surface area contributed by atoms with Gasteiger partial charge in [-0.3, -0.25) is 0 Å². The van der Waals surface area contributed by atoms with E-state index >= 15 is 0 Å². The molecule has 0 aliphatic rings. The highest BCUT2D eigenvalue weighted by atomic mass is 16.4. The molecular formula is C18H39NO3. The first kappa shape index (κ1) is 23.7. The number of quaternary nitrogens is 1. The molecule has 0 atom stereocenters. The number of hydrogen-bond donors (Lipinski definition) is 1. The van der Waals surface area contributed by atoms with Gasteiger partial charge >= 0.3 is 5.97 Å². The molecule has 0 fully saturated rings. The lowest BCUT2D eigenvalue weighted by atomic mass is 10.1. The zero-order valence-electron chi connectivity index (χ0n) is 15.1. The van der Waals surface area contributed by atoms with Crippen LogP contribution in [0.5, 0.6) is 0 Å². The lowest BCUT2D eigenvalue weighted by molar-refractivity contribution is -0.918. The maximum atomic E-state index is 11.0. The van der Waals surface area contributed by atoms with Crippen LogP contribution in [-0.2, 0) is 4.79 Å². The van der Waals surface area contributed by atoms with Crippen molar-refractivity contribution >= 4 is 5.97 Å². The first-order chi connectivity index (χ1) is 10.1. The van der Waals surface area contributed by atoms with E-state index in [9.17, 15) is 4.79 Å². The SMILES string of the molecule is CCCCCCCCCCCC[N+](CC)(CC)CC(=O)O.[OH-]. The maximum Gasteiger partial charge on any atom is 0.359 e. The molecule has 0 bridgehead atoms. The van der Waals surface area contributed by atoms with Crippen molar-refractivity contribution < 1.29 is 19.9 Å². The van der Waals surface area contributed by atoms with Gasteiger partial charge in [0.15, 0.2) is 6.54 Å². The molecule has 0 aliphatic heterocycles. The second-order valence-corrected chi connectivity index (χ2v) is 6.43. The average molecular weight is 318 g/mol. The minimum absolute atomic E-state index is 0. The van der Waals surface area contributed by atoms with Crippen molar-refractivity contribution in [2.75, 3.05) is 26.2 Å². The molecule has 0 unspecified atom stereocenters. The first-order valence-corrected chi connectivity index (χ1v) is 9.17. The van der Waals surface area contributed by atoms with E-state index in [1.165, 1.54) is 64.2 Å². The lowest BCUT2D eigenvalue weighted by Gasteiger charge is -2.35. The van der Waals surface area contributed by atoms with Crippen LogP contribution in [0.25, 0.3) is 0 Å². The molecule has 0 aliphatic carbocycles. The topological polar surface area (TPSA) is 67.3 Å². The van der Waals surface area contributed by atoms with Gasteiger partial charge in [-0.2, -0.15) is 0 Å². The molecule has 0 saturated heterocycles. The maximum absolute atomic E-state index is 11.0. The van der Waals surface area contributed by atoms with E-state index < -0.39 is 5.97 Å². The molecule has 0 radical (unpaired) electrons. The van der Waals surface area contributed by atoms with E-state index in [1.807, 2.05) is 0 Å². The summed E-state index contributed by atoms with van der Waals surface area (Å²) >= 11 is 0. The largest absolute Gasteiger partial charge is 0.870 e. The highest BCUT2D eigenvalue weighted by Crippen LogP contribution is 2.13. The molecule has 2 N–H and O–H groups in total. The van der Waals surface area contributed by atoms with E-state index in [-0.39, 0.29) is 12.0 Å². The Morgan fingerprint density at radius 1 is 0.773 bits per heavy atom. The van der Waals surface area contributed by atoms with Crippen LogP contribution >= 0.6 is 0 Å². The molecule has 22 heavy (non-hydrogen) atoms. The third kappa shape index (κ3) is 12.0. The molecule has 0 aromatic rings. The standard InChI is InChI=1S/C18H37NO2.H2O/c1-4-7-8-9-10-11-12-13-14-15-16-19(5-2,6-3)17-18(20)21;/h4-17H2,1-3H3;1H2. The summed E-state index contributed by atoms with van der Waals surface area (Å²) < 4.78 is 0.742. The molecule has 134 valence electrons. The third-order valence-electron chi connectivity index (χ3n) is 4.80. The Morgan fingerprint density at radius 2 is 1.18 bits per heavy atom. The van der Waals surface area contributed by atoms with Crippen LogP contribution in [0.15, 0.2) is 0 Å². The van der Waals surface area contributed by atoms with E-state index in [0.29, 0.717) is 0 Å². The van der Waals surface area contributed by atoms with Gasteiger partial charge in [-0.25, -0.2) is 4.79 Å². The second kappa shape index (κ2) is 15.3. The van der Waals surface area contributed by atoms with Gasteiger partial charge in [0.25, 0.3) is 0 Å². The summed E-state index contributed by atoms with van der Waals surface area (Å²) in [5.74, 6) is -0.661. The number of likely N-dealkylation sites (N-methyl/N-ethyl adjacent to an activating group) is 1. The van der Waals surface area contributed by atoms with Gasteiger partial charge in [0.1, 0.15) is 0 Å². The lowest BCUT2D eigenvalue weighted by Crippen LogP contribution is -2.51. The molecule has 0 spiro atoms. The van der Waals surface area contributed by atoms with Crippen LogP contribution in [-0.4, -0.2) is 47.2 Å². The molecule has 0 aromatic carbocycles.